The zero-order chi connectivity index (χ0) is 14.5. The van der Waals surface area contributed by atoms with Gasteiger partial charge in [0.1, 0.15) is 11.6 Å². The van der Waals surface area contributed by atoms with E-state index in [1.165, 1.54) is 0 Å². The molecular formula is C14H25N3O2. The first-order valence-corrected chi connectivity index (χ1v) is 6.82. The van der Waals surface area contributed by atoms with Crippen molar-refractivity contribution in [1.29, 1.82) is 5.26 Å². The lowest BCUT2D eigenvalue weighted by molar-refractivity contribution is -0.117. The zero-order valence-electron chi connectivity index (χ0n) is 12.2. The lowest BCUT2D eigenvalue weighted by Crippen LogP contribution is -2.28. The van der Waals surface area contributed by atoms with Gasteiger partial charge in [-0.1, -0.05) is 13.8 Å². The van der Waals surface area contributed by atoms with Gasteiger partial charge < -0.3 is 15.0 Å². The van der Waals surface area contributed by atoms with Gasteiger partial charge in [0.2, 0.25) is 0 Å². The highest BCUT2D eigenvalue weighted by Crippen LogP contribution is 2.01. The van der Waals surface area contributed by atoms with Crippen molar-refractivity contribution in [3.63, 3.8) is 0 Å². The molecule has 0 unspecified atom stereocenters. The Morgan fingerprint density at radius 2 is 2.00 bits per heavy atom. The molecule has 19 heavy (non-hydrogen) atoms. The molecule has 0 radical (unpaired) electrons. The molecule has 0 aromatic carbocycles. The van der Waals surface area contributed by atoms with E-state index in [0.29, 0.717) is 13.2 Å². The fourth-order valence-electron chi connectivity index (χ4n) is 1.65. The molecule has 0 heterocycles. The monoisotopic (exact) mass is 267 g/mol. The molecule has 0 rings (SSSR count). The van der Waals surface area contributed by atoms with Crippen LogP contribution >= 0.6 is 0 Å². The van der Waals surface area contributed by atoms with Crippen molar-refractivity contribution in [2.45, 2.75) is 33.1 Å². The van der Waals surface area contributed by atoms with Crippen molar-refractivity contribution in [3.05, 3.63) is 11.8 Å². The molecule has 0 bridgehead atoms. The summed E-state index contributed by atoms with van der Waals surface area (Å²) >= 11 is 0. The highest BCUT2D eigenvalue weighted by Gasteiger charge is 2.10. The number of ether oxygens (including phenoxy) is 1. The SMILES string of the molecule is CCCN(/C=C(/C#N)C(=O)NCCCOC)CCC. The van der Waals surface area contributed by atoms with Gasteiger partial charge in [-0.25, -0.2) is 0 Å². The van der Waals surface area contributed by atoms with E-state index in [4.69, 9.17) is 10.00 Å². The smallest absolute Gasteiger partial charge is 0.263 e. The fourth-order valence-corrected chi connectivity index (χ4v) is 1.65. The Labute approximate surface area is 116 Å². The predicted molar refractivity (Wildman–Crippen MR) is 75.4 cm³/mol. The number of amides is 1. The Kier molecular flexibility index (Phi) is 10.6. The second-order valence-corrected chi connectivity index (χ2v) is 4.29. The Balaban J connectivity index is 4.42. The van der Waals surface area contributed by atoms with Gasteiger partial charge in [-0.05, 0) is 19.3 Å². The standard InChI is InChI=1S/C14H25N3O2/c1-4-8-17(9-5-2)12-13(11-15)14(18)16-7-6-10-19-3/h12H,4-10H2,1-3H3,(H,16,18)/b13-12-. The molecule has 0 saturated heterocycles. The van der Waals surface area contributed by atoms with Crippen LogP contribution in [0.4, 0.5) is 0 Å². The summed E-state index contributed by atoms with van der Waals surface area (Å²) in [7, 11) is 1.62. The molecule has 1 amide bonds. The molecule has 0 aliphatic rings. The number of nitrogens with zero attached hydrogens (tertiary/aromatic N) is 2. The Hall–Kier alpha value is -1.54. The summed E-state index contributed by atoms with van der Waals surface area (Å²) in [5, 5.41) is 11.8. The zero-order valence-corrected chi connectivity index (χ0v) is 12.2. The number of hydrogen-bond donors (Lipinski definition) is 1. The van der Waals surface area contributed by atoms with E-state index < -0.39 is 0 Å². The van der Waals surface area contributed by atoms with Crippen LogP contribution in [0, 0.1) is 11.3 Å². The van der Waals surface area contributed by atoms with E-state index in [-0.39, 0.29) is 11.5 Å². The van der Waals surface area contributed by atoms with E-state index in [1.54, 1.807) is 13.3 Å². The van der Waals surface area contributed by atoms with Gasteiger partial charge in [0.15, 0.2) is 0 Å². The molecule has 0 aliphatic carbocycles. The number of nitrogens with one attached hydrogen (secondary N) is 1. The predicted octanol–water partition coefficient (Wildman–Crippen LogP) is 1.67. The Morgan fingerprint density at radius 1 is 1.37 bits per heavy atom. The maximum absolute atomic E-state index is 11.8. The molecule has 0 atom stereocenters. The van der Waals surface area contributed by atoms with Crippen LogP contribution in [0.3, 0.4) is 0 Å². The number of carbonyl (C=O) groups excluding carboxylic acids is 1. The molecule has 108 valence electrons. The molecule has 0 spiro atoms. The van der Waals surface area contributed by atoms with Gasteiger partial charge in [-0.3, -0.25) is 4.79 Å². The van der Waals surface area contributed by atoms with Crippen LogP contribution in [0.25, 0.3) is 0 Å². The lowest BCUT2D eigenvalue weighted by atomic mass is 10.2. The Morgan fingerprint density at radius 3 is 2.47 bits per heavy atom. The van der Waals surface area contributed by atoms with Crippen molar-refractivity contribution in [2.24, 2.45) is 0 Å². The van der Waals surface area contributed by atoms with E-state index in [9.17, 15) is 4.79 Å². The highest BCUT2D eigenvalue weighted by atomic mass is 16.5. The van der Waals surface area contributed by atoms with Crippen molar-refractivity contribution in [2.75, 3.05) is 33.4 Å². The normalized spacial score (nSPS) is 10.9. The van der Waals surface area contributed by atoms with E-state index >= 15 is 0 Å². The topological polar surface area (TPSA) is 65.4 Å². The van der Waals surface area contributed by atoms with Crippen LogP contribution in [0.15, 0.2) is 11.8 Å². The van der Waals surface area contributed by atoms with Gasteiger partial charge in [-0.2, -0.15) is 5.26 Å². The quantitative estimate of drug-likeness (QED) is 0.371. The van der Waals surface area contributed by atoms with E-state index in [0.717, 1.165) is 32.4 Å². The Bertz CT molecular complexity index is 315. The maximum atomic E-state index is 11.8. The average molecular weight is 267 g/mol. The van der Waals surface area contributed by atoms with Crippen molar-refractivity contribution < 1.29 is 9.53 Å². The summed E-state index contributed by atoms with van der Waals surface area (Å²) in [5.41, 5.74) is 0.166. The first kappa shape index (κ1) is 17.5. The number of carbonyl (C=O) groups is 1. The number of rotatable bonds is 10. The van der Waals surface area contributed by atoms with Crippen molar-refractivity contribution in [1.82, 2.24) is 10.2 Å². The average Bonchev–Trinajstić information content (AvgIpc) is 2.41. The minimum atomic E-state index is -0.309. The van der Waals surface area contributed by atoms with Crippen LogP contribution in [0.1, 0.15) is 33.1 Å². The molecule has 5 heteroatoms. The number of hydrogen-bond acceptors (Lipinski definition) is 4. The number of nitriles is 1. The third-order valence-electron chi connectivity index (χ3n) is 2.51. The highest BCUT2D eigenvalue weighted by molar-refractivity contribution is 5.97. The van der Waals surface area contributed by atoms with Crippen LogP contribution in [-0.2, 0) is 9.53 Å². The summed E-state index contributed by atoms with van der Waals surface area (Å²) in [5.74, 6) is -0.309. The second-order valence-electron chi connectivity index (χ2n) is 4.29. The summed E-state index contributed by atoms with van der Waals surface area (Å²) in [6.45, 7) is 6.99. The van der Waals surface area contributed by atoms with Gasteiger partial charge in [0, 0.05) is 39.6 Å². The van der Waals surface area contributed by atoms with Crippen LogP contribution < -0.4 is 5.32 Å². The van der Waals surface area contributed by atoms with Crippen LogP contribution in [0.5, 0.6) is 0 Å². The molecule has 0 fully saturated rings. The minimum Gasteiger partial charge on any atom is -0.385 e. The third kappa shape index (κ3) is 8.22. The number of methoxy groups -OCH3 is 1. The van der Waals surface area contributed by atoms with Gasteiger partial charge >= 0.3 is 0 Å². The summed E-state index contributed by atoms with van der Waals surface area (Å²) < 4.78 is 4.90. The third-order valence-corrected chi connectivity index (χ3v) is 2.51. The minimum absolute atomic E-state index is 0.166. The van der Waals surface area contributed by atoms with E-state index in [2.05, 4.69) is 19.2 Å². The van der Waals surface area contributed by atoms with E-state index in [1.807, 2.05) is 11.0 Å². The fraction of sp³-hybridized carbons (Fsp3) is 0.714. The molecule has 0 aliphatic heterocycles. The second kappa shape index (κ2) is 11.5. The van der Waals surface area contributed by atoms with Crippen molar-refractivity contribution in [3.8, 4) is 6.07 Å². The van der Waals surface area contributed by atoms with Crippen LogP contribution in [0.2, 0.25) is 0 Å². The summed E-state index contributed by atoms with van der Waals surface area (Å²) in [6.07, 6.45) is 4.39. The van der Waals surface area contributed by atoms with Gasteiger partial charge in [0.25, 0.3) is 5.91 Å². The molecule has 0 aromatic heterocycles. The van der Waals surface area contributed by atoms with Gasteiger partial charge in [-0.15, -0.1) is 0 Å². The first-order chi connectivity index (χ1) is 9.19. The summed E-state index contributed by atoms with van der Waals surface area (Å²) in [4.78, 5) is 13.8. The van der Waals surface area contributed by atoms with Crippen LogP contribution in [-0.4, -0.2) is 44.2 Å². The van der Waals surface area contributed by atoms with Crippen molar-refractivity contribution >= 4 is 5.91 Å². The molecule has 5 nitrogen and oxygen atoms in total. The molecular weight excluding hydrogens is 242 g/mol. The first-order valence-electron chi connectivity index (χ1n) is 6.82. The summed E-state index contributed by atoms with van der Waals surface area (Å²) in [6, 6.07) is 1.97. The maximum Gasteiger partial charge on any atom is 0.263 e. The molecule has 0 saturated carbocycles. The molecule has 1 N–H and O–H groups in total. The molecule has 0 aromatic rings. The lowest BCUT2D eigenvalue weighted by Gasteiger charge is -2.19. The van der Waals surface area contributed by atoms with Gasteiger partial charge in [0.05, 0.1) is 0 Å². The largest absolute Gasteiger partial charge is 0.385 e.